The van der Waals surface area contributed by atoms with Crippen molar-refractivity contribution in [2.75, 3.05) is 7.11 Å². The van der Waals surface area contributed by atoms with Crippen molar-refractivity contribution in [1.82, 2.24) is 0 Å². The van der Waals surface area contributed by atoms with Crippen LogP contribution in [0.1, 0.15) is 132 Å². The van der Waals surface area contributed by atoms with Gasteiger partial charge in [-0.05, 0) is 84.5 Å². The zero-order valence-corrected chi connectivity index (χ0v) is 32.0. The van der Waals surface area contributed by atoms with Gasteiger partial charge in [-0.2, -0.15) is 0 Å². The summed E-state index contributed by atoms with van der Waals surface area (Å²) >= 11 is 0. The van der Waals surface area contributed by atoms with E-state index in [-0.39, 0.29) is 67.2 Å². The molecule has 4 rings (SSSR count). The Balaban J connectivity index is 1.97. The number of allylic oxidation sites excluding steroid dienone is 3. The number of hydrogen-bond acceptors (Lipinski definition) is 9. The Hall–Kier alpha value is -2.20. The molecule has 0 spiro atoms. The summed E-state index contributed by atoms with van der Waals surface area (Å²) in [5.41, 5.74) is -2.00. The van der Waals surface area contributed by atoms with Crippen LogP contribution in [0.15, 0.2) is 22.8 Å². The van der Waals surface area contributed by atoms with Crippen LogP contribution in [0.2, 0.25) is 0 Å². The van der Waals surface area contributed by atoms with Gasteiger partial charge in [-0.15, -0.1) is 0 Å². The van der Waals surface area contributed by atoms with E-state index in [0.717, 1.165) is 24.0 Å². The molecule has 2 aliphatic carbocycles. The summed E-state index contributed by atoms with van der Waals surface area (Å²) < 4.78 is 11.9. The third-order valence-electron chi connectivity index (χ3n) is 13.0. The Morgan fingerprint density at radius 1 is 0.920 bits per heavy atom. The topological polar surface area (TPSA) is 147 Å². The van der Waals surface area contributed by atoms with E-state index in [1.165, 1.54) is 7.11 Å². The Kier molecular flexibility index (Phi) is 12.8. The SMILES string of the molecule is COC(=O)C12CC(=O)C(C(C)C)CC(=O)C(C)CCCC(C)CC(=O)C1CC(C)=C1CC(O)C(C)(O)C3CCC(C)(O)C(CCC(C)=CC12)O3. The predicted molar refractivity (Wildman–Crippen MR) is 191 cm³/mol. The van der Waals surface area contributed by atoms with E-state index in [1.807, 2.05) is 47.6 Å². The zero-order chi connectivity index (χ0) is 37.3. The van der Waals surface area contributed by atoms with Crippen molar-refractivity contribution >= 4 is 23.3 Å². The maximum Gasteiger partial charge on any atom is 0.313 e. The molecule has 0 aromatic carbocycles. The van der Waals surface area contributed by atoms with Crippen LogP contribution in [0.25, 0.3) is 0 Å². The molecule has 50 heavy (non-hydrogen) atoms. The third kappa shape index (κ3) is 8.21. The fourth-order valence-electron chi connectivity index (χ4n) is 9.37. The van der Waals surface area contributed by atoms with E-state index in [9.17, 15) is 34.5 Å². The highest BCUT2D eigenvalue weighted by atomic mass is 16.5. The zero-order valence-electron chi connectivity index (χ0n) is 32.0. The predicted octanol–water partition coefficient (Wildman–Crippen LogP) is 6.25. The smallest absolute Gasteiger partial charge is 0.313 e. The van der Waals surface area contributed by atoms with Gasteiger partial charge in [0, 0.05) is 42.9 Å². The molecule has 2 heterocycles. The van der Waals surface area contributed by atoms with Gasteiger partial charge in [0.2, 0.25) is 0 Å². The second kappa shape index (κ2) is 15.8. The first-order valence-corrected chi connectivity index (χ1v) is 19.1. The number of rotatable bonds is 2. The summed E-state index contributed by atoms with van der Waals surface area (Å²) in [6.45, 7) is 14.9. The van der Waals surface area contributed by atoms with Gasteiger partial charge >= 0.3 is 5.97 Å². The van der Waals surface area contributed by atoms with Gasteiger partial charge in [0.15, 0.2) is 0 Å². The Bertz CT molecular complexity index is 1360. The molecule has 9 nitrogen and oxygen atoms in total. The first-order valence-electron chi connectivity index (χ1n) is 19.1. The minimum Gasteiger partial charge on any atom is -0.469 e. The summed E-state index contributed by atoms with van der Waals surface area (Å²) in [7, 11) is 1.29. The molecule has 282 valence electrons. The number of Topliss-reactive ketones (excluding diaryl/α,β-unsaturated/α-hetero) is 3. The monoisotopic (exact) mass is 700 g/mol. The molecule has 11 unspecified atom stereocenters. The summed E-state index contributed by atoms with van der Waals surface area (Å²) in [5, 5.41) is 35.0. The van der Waals surface area contributed by atoms with Crippen molar-refractivity contribution in [2.45, 2.75) is 162 Å². The van der Waals surface area contributed by atoms with Gasteiger partial charge in [0.05, 0.1) is 36.4 Å². The highest BCUT2D eigenvalue weighted by Gasteiger charge is 2.60. The lowest BCUT2D eigenvalue weighted by Gasteiger charge is -2.50. The highest BCUT2D eigenvalue weighted by molar-refractivity contribution is 5.97. The van der Waals surface area contributed by atoms with Gasteiger partial charge in [-0.1, -0.05) is 63.3 Å². The average molecular weight is 701 g/mol. The number of methoxy groups -OCH3 is 1. The van der Waals surface area contributed by atoms with Gasteiger partial charge in [0.1, 0.15) is 23.0 Å². The van der Waals surface area contributed by atoms with E-state index >= 15 is 0 Å². The fraction of sp³-hybridized carbons (Fsp3) is 0.805. The second-order valence-electron chi connectivity index (χ2n) is 17.4. The maximum atomic E-state index is 14.7. The molecule has 0 aromatic heterocycles. The van der Waals surface area contributed by atoms with Crippen LogP contribution in [-0.2, 0) is 28.7 Å². The minimum atomic E-state index is -1.69. The van der Waals surface area contributed by atoms with Crippen molar-refractivity contribution in [3.05, 3.63) is 22.8 Å². The van der Waals surface area contributed by atoms with Crippen molar-refractivity contribution in [3.63, 3.8) is 0 Å². The third-order valence-corrected chi connectivity index (χ3v) is 13.0. The summed E-state index contributed by atoms with van der Waals surface area (Å²) in [4.78, 5) is 57.4. The van der Waals surface area contributed by atoms with Gasteiger partial charge in [0.25, 0.3) is 0 Å². The van der Waals surface area contributed by atoms with Gasteiger partial charge in [-0.25, -0.2) is 0 Å². The van der Waals surface area contributed by atoms with Crippen LogP contribution >= 0.6 is 0 Å². The number of aliphatic hydroxyl groups excluding tert-OH is 1. The number of fused-ring (bicyclic) bond motifs is 5. The number of ketones is 3. The van der Waals surface area contributed by atoms with Gasteiger partial charge < -0.3 is 24.8 Å². The second-order valence-corrected chi connectivity index (χ2v) is 17.4. The summed E-state index contributed by atoms with van der Waals surface area (Å²) in [5.74, 6) is -3.59. The number of hydrogen-bond donors (Lipinski definition) is 3. The molecule has 1 saturated heterocycles. The molecule has 0 amide bonds. The molecule has 4 aliphatic rings. The van der Waals surface area contributed by atoms with Crippen LogP contribution in [0.4, 0.5) is 0 Å². The summed E-state index contributed by atoms with van der Waals surface area (Å²) in [6.07, 6.45) is 3.52. The number of carbonyl (C=O) groups is 4. The van der Waals surface area contributed by atoms with Crippen LogP contribution in [0.5, 0.6) is 0 Å². The largest absolute Gasteiger partial charge is 0.469 e. The quantitative estimate of drug-likeness (QED) is 0.225. The Morgan fingerprint density at radius 2 is 1.60 bits per heavy atom. The lowest BCUT2D eigenvalue weighted by Crippen LogP contribution is -2.59. The molecule has 2 aliphatic heterocycles. The Morgan fingerprint density at radius 3 is 2.24 bits per heavy atom. The van der Waals surface area contributed by atoms with E-state index in [2.05, 4.69) is 0 Å². The van der Waals surface area contributed by atoms with E-state index < -0.39 is 58.7 Å². The van der Waals surface area contributed by atoms with Crippen LogP contribution in [-0.4, -0.2) is 75.3 Å². The number of aliphatic hydroxyl groups is 3. The molecule has 3 N–H and O–H groups in total. The molecule has 1 saturated carbocycles. The Labute approximate surface area is 299 Å². The van der Waals surface area contributed by atoms with Crippen LogP contribution in [0.3, 0.4) is 0 Å². The lowest BCUT2D eigenvalue weighted by molar-refractivity contribution is -0.234. The highest BCUT2D eigenvalue weighted by Crippen LogP contribution is 2.56. The minimum absolute atomic E-state index is 0.0118. The van der Waals surface area contributed by atoms with Crippen molar-refractivity contribution in [3.8, 4) is 0 Å². The molecule has 2 bridgehead atoms. The van der Waals surface area contributed by atoms with Crippen molar-refractivity contribution < 1.29 is 44.0 Å². The molecule has 0 radical (unpaired) electrons. The molecule has 11 atom stereocenters. The summed E-state index contributed by atoms with van der Waals surface area (Å²) in [6, 6.07) is 0. The van der Waals surface area contributed by atoms with E-state index in [1.54, 1.807) is 13.8 Å². The van der Waals surface area contributed by atoms with Crippen LogP contribution in [0, 0.1) is 40.9 Å². The fourth-order valence-corrected chi connectivity index (χ4v) is 9.37. The molecule has 9 heteroatoms. The standard InChI is InChI=1S/C41H64O9/c1-23(2)28-20-32(42)26(5)12-10-11-24(3)18-33(43)31-19-27(6)29-21-35(45)40(8,48)37-15-16-39(7,47)36(50-37)14-13-25(4)17-30(29)41(31,22-34(28)44)38(46)49-9/h17,23-24,26,28,30-31,35-37,45,47-48H,10-16,18-22H2,1-9H3. The number of esters is 1. The molecule has 2 fully saturated rings. The maximum absolute atomic E-state index is 14.7. The molecular weight excluding hydrogens is 636 g/mol. The lowest BCUT2D eigenvalue weighted by atomic mass is 9.53. The van der Waals surface area contributed by atoms with Crippen LogP contribution < -0.4 is 0 Å². The number of ether oxygens (including phenoxy) is 2. The first-order chi connectivity index (χ1) is 23.3. The van der Waals surface area contributed by atoms with E-state index in [0.29, 0.717) is 37.7 Å². The molecular formula is C41H64O9. The molecule has 0 aromatic rings. The average Bonchev–Trinajstić information content (AvgIpc) is 3.03. The van der Waals surface area contributed by atoms with E-state index in [4.69, 9.17) is 9.47 Å². The van der Waals surface area contributed by atoms with Crippen molar-refractivity contribution in [1.29, 1.82) is 0 Å². The first kappa shape index (κ1) is 40.6. The number of carbonyl (C=O) groups excluding carboxylic acids is 4. The normalized spacial score (nSPS) is 41.6. The van der Waals surface area contributed by atoms with Gasteiger partial charge in [-0.3, -0.25) is 19.2 Å². The van der Waals surface area contributed by atoms with Crippen molar-refractivity contribution in [2.24, 2.45) is 40.9 Å².